The lowest BCUT2D eigenvalue weighted by atomic mass is 10.0. The fraction of sp³-hybridized carbons (Fsp3) is 0.241. The summed E-state index contributed by atoms with van der Waals surface area (Å²) in [5.41, 5.74) is 9.78. The van der Waals surface area contributed by atoms with E-state index in [1.165, 1.54) is 23.1 Å². The van der Waals surface area contributed by atoms with E-state index in [1.54, 1.807) is 0 Å². The van der Waals surface area contributed by atoms with Gasteiger partial charge in [0.05, 0.1) is 10.8 Å². The molecule has 0 spiro atoms. The molecule has 178 valence electrons. The van der Waals surface area contributed by atoms with Crippen LogP contribution in [0.4, 0.5) is 11.6 Å². The Labute approximate surface area is 207 Å². The minimum Gasteiger partial charge on any atom is -0.273 e. The van der Waals surface area contributed by atoms with Gasteiger partial charge in [-0.05, 0) is 75.9 Å². The lowest BCUT2D eigenvalue weighted by Crippen LogP contribution is -2.32. The standard InChI is InChI=1S/C29H32N5O/c1-19-15-21(3)27(22(4)16-19)32-13-14-33(28-23(5)17-20(2)18-24(28)6)29(32)30-31-34(25(7)35)26-11-9-8-10-12-26/h8-18H,1-7H3/q+1. The quantitative estimate of drug-likeness (QED) is 0.184. The maximum atomic E-state index is 12.5. The van der Waals surface area contributed by atoms with Gasteiger partial charge < -0.3 is 0 Å². The van der Waals surface area contributed by atoms with Crippen molar-refractivity contribution in [2.75, 3.05) is 5.01 Å². The molecule has 0 saturated heterocycles. The summed E-state index contributed by atoms with van der Waals surface area (Å²) >= 11 is 0. The number of aromatic nitrogens is 2. The van der Waals surface area contributed by atoms with E-state index >= 15 is 0 Å². The van der Waals surface area contributed by atoms with Gasteiger partial charge in [0.25, 0.3) is 0 Å². The molecule has 0 radical (unpaired) electrons. The van der Waals surface area contributed by atoms with E-state index in [2.05, 4.69) is 85.3 Å². The van der Waals surface area contributed by atoms with E-state index in [-0.39, 0.29) is 5.91 Å². The number of nitrogens with zero attached hydrogens (tertiary/aromatic N) is 5. The van der Waals surface area contributed by atoms with Crippen molar-refractivity contribution in [1.29, 1.82) is 0 Å². The third kappa shape index (κ3) is 4.78. The number of aryl methyl sites for hydroxylation is 6. The number of hydrogen-bond acceptors (Lipinski definition) is 3. The highest BCUT2D eigenvalue weighted by atomic mass is 16.2. The average molecular weight is 467 g/mol. The number of benzene rings is 3. The third-order valence-electron chi connectivity index (χ3n) is 6.07. The third-order valence-corrected chi connectivity index (χ3v) is 6.07. The molecule has 0 atom stereocenters. The fourth-order valence-corrected chi connectivity index (χ4v) is 4.88. The zero-order chi connectivity index (χ0) is 25.3. The highest BCUT2D eigenvalue weighted by Crippen LogP contribution is 2.28. The Balaban J connectivity index is 1.96. The van der Waals surface area contributed by atoms with Crippen molar-refractivity contribution in [1.82, 2.24) is 4.57 Å². The smallest absolute Gasteiger partial charge is 0.273 e. The van der Waals surface area contributed by atoms with Gasteiger partial charge in [-0.2, -0.15) is 14.1 Å². The maximum absolute atomic E-state index is 12.5. The van der Waals surface area contributed by atoms with Crippen LogP contribution in [0.3, 0.4) is 0 Å². The maximum Gasteiger partial charge on any atom is 0.433 e. The summed E-state index contributed by atoms with van der Waals surface area (Å²) in [7, 11) is 0. The Hall–Kier alpha value is -4.06. The number of carbonyl (C=O) groups is 1. The molecule has 0 aliphatic rings. The molecular weight excluding hydrogens is 434 g/mol. The van der Waals surface area contributed by atoms with Gasteiger partial charge in [-0.15, -0.1) is 0 Å². The molecule has 1 amide bonds. The first kappa shape index (κ1) is 24.1. The van der Waals surface area contributed by atoms with Gasteiger partial charge in [0, 0.05) is 12.1 Å². The van der Waals surface area contributed by atoms with Gasteiger partial charge in [0.15, 0.2) is 0 Å². The first-order valence-corrected chi connectivity index (χ1v) is 11.7. The molecule has 3 aromatic carbocycles. The highest BCUT2D eigenvalue weighted by Gasteiger charge is 2.26. The normalized spacial score (nSPS) is 11.3. The number of para-hydroxylation sites is 1. The second kappa shape index (κ2) is 9.66. The van der Waals surface area contributed by atoms with E-state index in [0.717, 1.165) is 33.6 Å². The molecular formula is C29H32N5O+. The summed E-state index contributed by atoms with van der Waals surface area (Å²) in [6.07, 6.45) is 4.02. The van der Waals surface area contributed by atoms with Crippen molar-refractivity contribution in [3.8, 4) is 11.4 Å². The molecule has 35 heavy (non-hydrogen) atoms. The van der Waals surface area contributed by atoms with Crippen LogP contribution in [0.15, 0.2) is 77.3 Å². The molecule has 4 aromatic rings. The lowest BCUT2D eigenvalue weighted by Gasteiger charge is -2.13. The van der Waals surface area contributed by atoms with Crippen LogP contribution in [0, 0.1) is 41.5 Å². The largest absolute Gasteiger partial charge is 0.433 e. The van der Waals surface area contributed by atoms with Gasteiger partial charge in [-0.3, -0.25) is 4.79 Å². The first-order chi connectivity index (χ1) is 16.7. The molecule has 0 saturated carbocycles. The van der Waals surface area contributed by atoms with Crippen LogP contribution in [0.25, 0.3) is 11.4 Å². The number of hydrogen-bond donors (Lipinski definition) is 0. The average Bonchev–Trinajstić information content (AvgIpc) is 3.16. The number of anilines is 1. The molecule has 6 nitrogen and oxygen atoms in total. The predicted molar refractivity (Wildman–Crippen MR) is 140 cm³/mol. The van der Waals surface area contributed by atoms with Gasteiger partial charge in [-0.1, -0.05) is 53.6 Å². The molecule has 0 bridgehead atoms. The monoisotopic (exact) mass is 466 g/mol. The number of imidazole rings is 1. The Bertz CT molecular complexity index is 1310. The number of amides is 1. The summed E-state index contributed by atoms with van der Waals surface area (Å²) in [4.78, 5) is 12.5. The minimum atomic E-state index is -0.213. The van der Waals surface area contributed by atoms with Crippen LogP contribution in [0.1, 0.15) is 40.3 Å². The van der Waals surface area contributed by atoms with E-state index in [1.807, 2.05) is 42.7 Å². The van der Waals surface area contributed by atoms with Crippen LogP contribution in [0.2, 0.25) is 0 Å². The van der Waals surface area contributed by atoms with Gasteiger partial charge in [0.1, 0.15) is 23.8 Å². The molecule has 0 aliphatic carbocycles. The van der Waals surface area contributed by atoms with Crippen LogP contribution in [-0.2, 0) is 4.79 Å². The SMILES string of the molecule is CC(=O)N(N=Nc1n(-c2c(C)cc(C)cc2C)cc[n+]1-c1c(C)cc(C)cc1C)c1ccccc1. The van der Waals surface area contributed by atoms with E-state index < -0.39 is 0 Å². The predicted octanol–water partition coefficient (Wildman–Crippen LogP) is 6.66. The summed E-state index contributed by atoms with van der Waals surface area (Å²) in [5, 5.41) is 10.4. The minimum absolute atomic E-state index is 0.213. The molecule has 0 aliphatic heterocycles. The van der Waals surface area contributed by atoms with E-state index in [9.17, 15) is 4.79 Å². The molecule has 1 heterocycles. The second-order valence-corrected chi connectivity index (χ2v) is 9.19. The van der Waals surface area contributed by atoms with Crippen LogP contribution in [-0.4, -0.2) is 10.5 Å². The fourth-order valence-electron chi connectivity index (χ4n) is 4.88. The molecule has 0 N–H and O–H groups in total. The molecule has 0 unspecified atom stereocenters. The zero-order valence-corrected chi connectivity index (χ0v) is 21.5. The van der Waals surface area contributed by atoms with Crippen molar-refractivity contribution in [3.63, 3.8) is 0 Å². The van der Waals surface area contributed by atoms with Gasteiger partial charge in [0.2, 0.25) is 5.91 Å². The van der Waals surface area contributed by atoms with Crippen molar-refractivity contribution < 1.29 is 9.36 Å². The Morgan fingerprint density at radius 3 is 1.91 bits per heavy atom. The van der Waals surface area contributed by atoms with Crippen molar-refractivity contribution in [2.24, 2.45) is 10.3 Å². The molecule has 1 aromatic heterocycles. The van der Waals surface area contributed by atoms with Crippen LogP contribution < -0.4 is 9.58 Å². The van der Waals surface area contributed by atoms with E-state index in [0.29, 0.717) is 11.6 Å². The number of carbonyl (C=O) groups excluding carboxylic acids is 1. The Morgan fingerprint density at radius 1 is 0.829 bits per heavy atom. The Kier molecular flexibility index (Phi) is 6.65. The van der Waals surface area contributed by atoms with Crippen molar-refractivity contribution in [3.05, 3.63) is 100 Å². The lowest BCUT2D eigenvalue weighted by molar-refractivity contribution is -0.581. The molecule has 0 fully saturated rings. The van der Waals surface area contributed by atoms with Crippen molar-refractivity contribution in [2.45, 2.75) is 48.5 Å². The summed E-state index contributed by atoms with van der Waals surface area (Å²) < 4.78 is 4.10. The van der Waals surface area contributed by atoms with Crippen molar-refractivity contribution >= 4 is 17.5 Å². The summed E-state index contributed by atoms with van der Waals surface area (Å²) in [6, 6.07) is 18.0. The molecule has 6 heteroatoms. The highest BCUT2D eigenvalue weighted by molar-refractivity contribution is 5.90. The van der Waals surface area contributed by atoms with Crippen LogP contribution in [0.5, 0.6) is 0 Å². The summed E-state index contributed by atoms with van der Waals surface area (Å²) in [5.74, 6) is 0.396. The summed E-state index contributed by atoms with van der Waals surface area (Å²) in [6.45, 7) is 14.1. The topological polar surface area (TPSA) is 53.8 Å². The van der Waals surface area contributed by atoms with Crippen LogP contribution >= 0.6 is 0 Å². The zero-order valence-electron chi connectivity index (χ0n) is 21.5. The second-order valence-electron chi connectivity index (χ2n) is 9.19. The van der Waals surface area contributed by atoms with Gasteiger partial charge >= 0.3 is 5.95 Å². The molecule has 4 rings (SSSR count). The number of rotatable bonds is 5. The van der Waals surface area contributed by atoms with E-state index in [4.69, 9.17) is 0 Å². The Morgan fingerprint density at radius 2 is 1.37 bits per heavy atom. The first-order valence-electron chi connectivity index (χ1n) is 11.7. The van der Waals surface area contributed by atoms with Gasteiger partial charge in [-0.25, -0.2) is 0 Å².